The quantitative estimate of drug-likeness (QED) is 0.842. The van der Waals surface area contributed by atoms with Crippen LogP contribution < -0.4 is 10.5 Å². The number of nitrogens with one attached hydrogen (secondary N) is 1. The smallest absolute Gasteiger partial charge is 0.240 e. The van der Waals surface area contributed by atoms with E-state index in [9.17, 15) is 8.42 Å². The molecule has 0 bridgehead atoms. The Hall–Kier alpha value is -1.07. The summed E-state index contributed by atoms with van der Waals surface area (Å²) in [5, 5.41) is 0. The summed E-state index contributed by atoms with van der Waals surface area (Å²) < 4.78 is 27.6. The van der Waals surface area contributed by atoms with Gasteiger partial charge in [-0.15, -0.1) is 0 Å². The van der Waals surface area contributed by atoms with Crippen LogP contribution in [0.25, 0.3) is 0 Å². The molecule has 0 unspecified atom stereocenters. The van der Waals surface area contributed by atoms with Gasteiger partial charge in [-0.25, -0.2) is 13.1 Å². The van der Waals surface area contributed by atoms with Crippen LogP contribution in [0.2, 0.25) is 0 Å². The van der Waals surface area contributed by atoms with E-state index >= 15 is 0 Å². The van der Waals surface area contributed by atoms with Crippen LogP contribution in [0.3, 0.4) is 0 Å². The van der Waals surface area contributed by atoms with E-state index in [1.54, 1.807) is 12.1 Å². The molecule has 1 fully saturated rings. The minimum atomic E-state index is -3.47. The Kier molecular flexibility index (Phi) is 4.12. The molecule has 1 aliphatic carbocycles. The number of aryl methyl sites for hydroxylation is 1. The Morgan fingerprint density at radius 3 is 2.35 bits per heavy atom. The first-order chi connectivity index (χ1) is 9.18. The number of anilines is 1. The van der Waals surface area contributed by atoms with Gasteiger partial charge >= 0.3 is 0 Å². The molecule has 1 aliphatic rings. The van der Waals surface area contributed by atoms with Crippen molar-refractivity contribution in [3.8, 4) is 0 Å². The number of hydrogen-bond acceptors (Lipinski definition) is 3. The van der Waals surface area contributed by atoms with Gasteiger partial charge in [-0.2, -0.15) is 0 Å². The van der Waals surface area contributed by atoms with Crippen molar-refractivity contribution >= 4 is 15.7 Å². The van der Waals surface area contributed by atoms with Crippen molar-refractivity contribution in [1.82, 2.24) is 4.72 Å². The van der Waals surface area contributed by atoms with Crippen LogP contribution in [0.15, 0.2) is 23.1 Å². The van der Waals surface area contributed by atoms with E-state index in [2.05, 4.69) is 18.6 Å². The molecule has 0 amide bonds. The predicted molar refractivity (Wildman–Crippen MR) is 81.9 cm³/mol. The maximum absolute atomic E-state index is 12.4. The van der Waals surface area contributed by atoms with Crippen molar-refractivity contribution in [3.63, 3.8) is 0 Å². The van der Waals surface area contributed by atoms with E-state index < -0.39 is 10.0 Å². The van der Waals surface area contributed by atoms with E-state index in [4.69, 9.17) is 5.73 Å². The molecule has 112 valence electrons. The summed E-state index contributed by atoms with van der Waals surface area (Å²) in [5.41, 5.74) is 7.40. The number of rotatable bonds is 3. The average Bonchev–Trinajstić information content (AvgIpc) is 2.30. The van der Waals surface area contributed by atoms with Crippen molar-refractivity contribution in [2.45, 2.75) is 57.4 Å². The third kappa shape index (κ3) is 3.73. The highest BCUT2D eigenvalue weighted by molar-refractivity contribution is 7.89. The topological polar surface area (TPSA) is 72.2 Å². The van der Waals surface area contributed by atoms with E-state index in [0.717, 1.165) is 31.2 Å². The minimum Gasteiger partial charge on any atom is -0.399 e. The lowest BCUT2D eigenvalue weighted by atomic mass is 9.76. The molecule has 0 heterocycles. The third-order valence-corrected chi connectivity index (χ3v) is 5.54. The van der Waals surface area contributed by atoms with Crippen LogP contribution in [0.4, 0.5) is 5.69 Å². The Bertz CT molecular complexity index is 564. The summed E-state index contributed by atoms with van der Waals surface area (Å²) >= 11 is 0. The summed E-state index contributed by atoms with van der Waals surface area (Å²) in [6.07, 6.45) is 3.90. The Morgan fingerprint density at radius 1 is 1.20 bits per heavy atom. The molecule has 20 heavy (non-hydrogen) atoms. The molecule has 0 spiro atoms. The zero-order chi connectivity index (χ0) is 15.0. The fourth-order valence-corrected chi connectivity index (χ4v) is 4.18. The molecular formula is C15H24N2O2S. The largest absolute Gasteiger partial charge is 0.399 e. The second-order valence-corrected chi connectivity index (χ2v) is 8.35. The SMILES string of the molecule is Cc1cc(N)cc(S(=O)(=O)NC2CCC(C)(C)CC2)c1. The molecular weight excluding hydrogens is 272 g/mol. The van der Waals surface area contributed by atoms with Gasteiger partial charge in [-0.05, 0) is 61.8 Å². The summed E-state index contributed by atoms with van der Waals surface area (Å²) in [6, 6.07) is 4.98. The van der Waals surface area contributed by atoms with Crippen LogP contribution in [0.1, 0.15) is 45.1 Å². The third-order valence-electron chi connectivity index (χ3n) is 4.04. The lowest BCUT2D eigenvalue weighted by Crippen LogP contribution is -2.39. The van der Waals surface area contributed by atoms with E-state index in [-0.39, 0.29) is 10.9 Å². The van der Waals surface area contributed by atoms with Crippen molar-refractivity contribution in [2.24, 2.45) is 5.41 Å². The monoisotopic (exact) mass is 296 g/mol. The van der Waals surface area contributed by atoms with Gasteiger partial charge in [0, 0.05) is 11.7 Å². The summed E-state index contributed by atoms with van der Waals surface area (Å²) in [7, 11) is -3.47. The maximum Gasteiger partial charge on any atom is 0.240 e. The van der Waals surface area contributed by atoms with Crippen LogP contribution >= 0.6 is 0 Å². The van der Waals surface area contributed by atoms with Crippen LogP contribution in [0, 0.1) is 12.3 Å². The number of sulfonamides is 1. The van der Waals surface area contributed by atoms with E-state index in [1.807, 2.05) is 6.92 Å². The Balaban J connectivity index is 2.12. The standard InChI is InChI=1S/C15H24N2O2S/c1-11-8-12(16)10-14(9-11)20(18,19)17-13-4-6-15(2,3)7-5-13/h8-10,13,17H,4-7,16H2,1-3H3. The first-order valence-corrected chi connectivity index (χ1v) is 8.56. The molecule has 2 rings (SSSR count). The summed E-state index contributed by atoms with van der Waals surface area (Å²) in [4.78, 5) is 0.264. The second-order valence-electron chi connectivity index (χ2n) is 6.64. The molecule has 0 saturated heterocycles. The number of hydrogen-bond donors (Lipinski definition) is 2. The average molecular weight is 296 g/mol. The molecule has 1 saturated carbocycles. The fourth-order valence-electron chi connectivity index (χ4n) is 2.74. The van der Waals surface area contributed by atoms with Crippen molar-refractivity contribution in [2.75, 3.05) is 5.73 Å². The van der Waals surface area contributed by atoms with Crippen molar-refractivity contribution in [3.05, 3.63) is 23.8 Å². The first-order valence-electron chi connectivity index (χ1n) is 7.07. The highest BCUT2D eigenvalue weighted by atomic mass is 32.2. The van der Waals surface area contributed by atoms with Gasteiger partial charge < -0.3 is 5.73 Å². The van der Waals surface area contributed by atoms with Crippen LogP contribution in [-0.2, 0) is 10.0 Å². The molecule has 4 nitrogen and oxygen atoms in total. The van der Waals surface area contributed by atoms with Crippen molar-refractivity contribution < 1.29 is 8.42 Å². The van der Waals surface area contributed by atoms with Crippen LogP contribution in [0.5, 0.6) is 0 Å². The minimum absolute atomic E-state index is 0.0368. The Labute approximate surface area is 121 Å². The maximum atomic E-state index is 12.4. The van der Waals surface area contributed by atoms with Gasteiger partial charge in [0.1, 0.15) is 0 Å². The predicted octanol–water partition coefficient (Wildman–Crippen LogP) is 2.82. The number of benzene rings is 1. The first kappa shape index (κ1) is 15.3. The number of nitrogens with two attached hydrogens (primary N) is 1. The van der Waals surface area contributed by atoms with Gasteiger partial charge in [0.15, 0.2) is 0 Å². The highest BCUT2D eigenvalue weighted by Gasteiger charge is 2.29. The van der Waals surface area contributed by atoms with Gasteiger partial charge in [0.25, 0.3) is 0 Å². The van der Waals surface area contributed by atoms with Gasteiger partial charge in [0.05, 0.1) is 4.90 Å². The van der Waals surface area contributed by atoms with E-state index in [1.165, 1.54) is 6.07 Å². The number of nitrogen functional groups attached to an aromatic ring is 1. The summed E-state index contributed by atoms with van der Waals surface area (Å²) in [5.74, 6) is 0. The fraction of sp³-hybridized carbons (Fsp3) is 0.600. The molecule has 1 aromatic rings. The van der Waals surface area contributed by atoms with Crippen LogP contribution in [-0.4, -0.2) is 14.5 Å². The Morgan fingerprint density at radius 2 is 1.80 bits per heavy atom. The van der Waals surface area contributed by atoms with Gasteiger partial charge in [-0.3, -0.25) is 0 Å². The molecule has 0 radical (unpaired) electrons. The van der Waals surface area contributed by atoms with Gasteiger partial charge in [0.2, 0.25) is 10.0 Å². The molecule has 5 heteroatoms. The zero-order valence-corrected chi connectivity index (χ0v) is 13.3. The summed E-state index contributed by atoms with van der Waals surface area (Å²) in [6.45, 7) is 6.32. The highest BCUT2D eigenvalue weighted by Crippen LogP contribution is 2.35. The molecule has 1 aromatic carbocycles. The zero-order valence-electron chi connectivity index (χ0n) is 12.4. The molecule has 0 aliphatic heterocycles. The lowest BCUT2D eigenvalue weighted by molar-refractivity contribution is 0.218. The lowest BCUT2D eigenvalue weighted by Gasteiger charge is -2.34. The molecule has 3 N–H and O–H groups in total. The molecule has 0 atom stereocenters. The van der Waals surface area contributed by atoms with E-state index in [0.29, 0.717) is 11.1 Å². The van der Waals surface area contributed by atoms with Gasteiger partial charge in [-0.1, -0.05) is 13.8 Å². The normalized spacial score (nSPS) is 19.9. The van der Waals surface area contributed by atoms with Crippen molar-refractivity contribution in [1.29, 1.82) is 0 Å². The second kappa shape index (κ2) is 5.37. The molecule has 0 aromatic heterocycles.